The van der Waals surface area contributed by atoms with Gasteiger partial charge in [0.15, 0.2) is 11.6 Å². The number of likely N-dealkylation sites (tertiary alicyclic amines) is 1. The third kappa shape index (κ3) is 3.15. The number of H-pyrrole nitrogens is 1. The lowest BCUT2D eigenvalue weighted by molar-refractivity contribution is -0.130. The molecule has 4 nitrogen and oxygen atoms in total. The maximum Gasteiger partial charge on any atom is 0.252 e. The first-order chi connectivity index (χ1) is 14.8. The Bertz CT molecular complexity index is 1330. The summed E-state index contributed by atoms with van der Waals surface area (Å²) in [6.45, 7) is 2.05. The minimum absolute atomic E-state index is 0.0225. The average molecular weight is 424 g/mol. The van der Waals surface area contributed by atoms with Crippen LogP contribution in [-0.4, -0.2) is 28.4 Å². The van der Waals surface area contributed by atoms with Crippen LogP contribution in [0.1, 0.15) is 23.1 Å². The molecular weight excluding hydrogens is 405 g/mol. The monoisotopic (exact) mass is 424 g/mol. The molecule has 158 valence electrons. The Labute approximate surface area is 176 Å². The summed E-state index contributed by atoms with van der Waals surface area (Å²) >= 11 is 0. The molecule has 1 saturated heterocycles. The molecule has 0 spiro atoms. The van der Waals surface area contributed by atoms with E-state index >= 15 is 0 Å². The number of nitrogens with zero attached hydrogens (tertiary/aromatic N) is 1. The molecular formula is C24H19F3N2O2. The van der Waals surface area contributed by atoms with Crippen molar-refractivity contribution in [2.24, 2.45) is 5.92 Å². The molecule has 1 amide bonds. The molecule has 1 aliphatic heterocycles. The first-order valence-corrected chi connectivity index (χ1v) is 10.1. The van der Waals surface area contributed by atoms with Gasteiger partial charge in [0.05, 0.1) is 18.0 Å². The van der Waals surface area contributed by atoms with Gasteiger partial charge in [-0.1, -0.05) is 18.2 Å². The van der Waals surface area contributed by atoms with Crippen molar-refractivity contribution in [2.75, 3.05) is 6.54 Å². The number of carbonyl (C=O) groups is 1. The second-order valence-electron chi connectivity index (χ2n) is 8.21. The summed E-state index contributed by atoms with van der Waals surface area (Å²) in [5.41, 5.74) is 1.72. The number of hydrogen-bond donors (Lipinski definition) is 1. The van der Waals surface area contributed by atoms with Crippen molar-refractivity contribution in [3.05, 3.63) is 87.0 Å². The van der Waals surface area contributed by atoms with Gasteiger partial charge in [-0.3, -0.25) is 9.59 Å². The molecule has 1 N–H and O–H groups in total. The molecule has 2 aromatic carbocycles. The average Bonchev–Trinajstić information content (AvgIpc) is 3.35. The topological polar surface area (TPSA) is 53.2 Å². The highest BCUT2D eigenvalue weighted by Crippen LogP contribution is 2.42. The van der Waals surface area contributed by atoms with Crippen molar-refractivity contribution in [3.8, 4) is 0 Å². The van der Waals surface area contributed by atoms with Crippen LogP contribution in [0, 0.1) is 30.3 Å². The highest BCUT2D eigenvalue weighted by atomic mass is 19.2. The van der Waals surface area contributed by atoms with Gasteiger partial charge in [0.1, 0.15) is 5.82 Å². The summed E-state index contributed by atoms with van der Waals surface area (Å²) in [5.74, 6) is -2.49. The van der Waals surface area contributed by atoms with Crippen molar-refractivity contribution < 1.29 is 18.0 Å². The van der Waals surface area contributed by atoms with Crippen LogP contribution in [0.4, 0.5) is 13.2 Å². The number of rotatable bonds is 3. The predicted molar refractivity (Wildman–Crippen MR) is 111 cm³/mol. The summed E-state index contributed by atoms with van der Waals surface area (Å²) in [5, 5.41) is -0.0225. The van der Waals surface area contributed by atoms with E-state index in [4.69, 9.17) is 0 Å². The highest BCUT2D eigenvalue weighted by molar-refractivity contribution is 5.88. The molecule has 2 bridgehead atoms. The van der Waals surface area contributed by atoms with E-state index < -0.39 is 17.2 Å². The third-order valence-corrected chi connectivity index (χ3v) is 6.36. The molecule has 1 aromatic heterocycles. The van der Waals surface area contributed by atoms with Crippen LogP contribution >= 0.6 is 0 Å². The van der Waals surface area contributed by atoms with Gasteiger partial charge >= 0.3 is 0 Å². The van der Waals surface area contributed by atoms with Gasteiger partial charge < -0.3 is 9.88 Å². The molecule has 2 atom stereocenters. The van der Waals surface area contributed by atoms with Gasteiger partial charge in [-0.05, 0) is 60.2 Å². The normalized spacial score (nSPS) is 19.9. The van der Waals surface area contributed by atoms with Crippen LogP contribution in [0.15, 0.2) is 47.3 Å². The Kier molecular flexibility index (Phi) is 4.50. The van der Waals surface area contributed by atoms with E-state index in [-0.39, 0.29) is 52.1 Å². The summed E-state index contributed by atoms with van der Waals surface area (Å²) in [6.07, 6.45) is 2.62. The van der Waals surface area contributed by atoms with Gasteiger partial charge in [-0.15, -0.1) is 0 Å². The van der Waals surface area contributed by atoms with Crippen LogP contribution in [0.25, 0.3) is 16.5 Å². The third-order valence-electron chi connectivity index (χ3n) is 6.36. The van der Waals surface area contributed by atoms with Crippen molar-refractivity contribution in [3.63, 3.8) is 0 Å². The lowest BCUT2D eigenvalue weighted by atomic mass is 9.98. The Morgan fingerprint density at radius 1 is 1.19 bits per heavy atom. The van der Waals surface area contributed by atoms with Crippen molar-refractivity contribution in [2.45, 2.75) is 25.8 Å². The number of hydrogen-bond acceptors (Lipinski definition) is 2. The minimum Gasteiger partial charge on any atom is -0.335 e. The zero-order valence-electron chi connectivity index (χ0n) is 16.7. The van der Waals surface area contributed by atoms with E-state index in [9.17, 15) is 22.8 Å². The van der Waals surface area contributed by atoms with Crippen molar-refractivity contribution in [1.82, 2.24) is 9.88 Å². The first kappa shape index (κ1) is 19.6. The number of aryl methyl sites for hydroxylation is 1. The summed E-state index contributed by atoms with van der Waals surface area (Å²) in [6, 6.07) is 8.35. The number of benzene rings is 2. The van der Waals surface area contributed by atoms with Crippen LogP contribution in [0.2, 0.25) is 0 Å². The number of amides is 1. The molecule has 0 radical (unpaired) electrons. The molecule has 7 heteroatoms. The zero-order valence-corrected chi connectivity index (χ0v) is 16.7. The lowest BCUT2D eigenvalue weighted by Crippen LogP contribution is -2.39. The first-order valence-electron chi connectivity index (χ1n) is 10.1. The standard InChI is InChI=1S/C24H19F3N2O2/c1-12-16(24(31)28-19-6-5-18(26)23(27)22(12)19)10-21(30)29-11-13-7-17(20(29)8-13)14-3-2-4-15(25)9-14/h2-7,9,13,20H,8,10-11H2,1H3,(H,28,31)/t13-,20-/m1/s1. The van der Waals surface area contributed by atoms with Crippen molar-refractivity contribution >= 4 is 22.4 Å². The maximum atomic E-state index is 14.4. The Hall–Kier alpha value is -3.35. The van der Waals surface area contributed by atoms with Gasteiger partial charge in [-0.25, -0.2) is 13.2 Å². The number of aromatic amines is 1. The zero-order chi connectivity index (χ0) is 21.9. The van der Waals surface area contributed by atoms with E-state index in [0.29, 0.717) is 6.54 Å². The fourth-order valence-corrected chi connectivity index (χ4v) is 4.89. The number of nitrogens with one attached hydrogen (secondary N) is 1. The Morgan fingerprint density at radius 2 is 2.00 bits per heavy atom. The highest BCUT2D eigenvalue weighted by Gasteiger charge is 2.42. The minimum atomic E-state index is -1.04. The second-order valence-corrected chi connectivity index (χ2v) is 8.21. The summed E-state index contributed by atoms with van der Waals surface area (Å²) in [4.78, 5) is 30.0. The van der Waals surface area contributed by atoms with Crippen molar-refractivity contribution in [1.29, 1.82) is 0 Å². The van der Waals surface area contributed by atoms with E-state index in [1.807, 2.05) is 6.07 Å². The van der Waals surface area contributed by atoms with E-state index in [1.54, 1.807) is 11.0 Å². The summed E-state index contributed by atoms with van der Waals surface area (Å²) in [7, 11) is 0. The van der Waals surface area contributed by atoms with Gasteiger partial charge in [0, 0.05) is 17.5 Å². The molecule has 5 rings (SSSR count). The number of pyridine rings is 1. The molecule has 1 fully saturated rings. The largest absolute Gasteiger partial charge is 0.335 e. The molecule has 1 aliphatic carbocycles. The van der Waals surface area contributed by atoms with E-state index in [2.05, 4.69) is 11.1 Å². The molecule has 2 aliphatic rings. The number of aromatic nitrogens is 1. The smallest absolute Gasteiger partial charge is 0.252 e. The Morgan fingerprint density at radius 3 is 2.74 bits per heavy atom. The molecule has 3 aromatic rings. The van der Waals surface area contributed by atoms with Crippen LogP contribution in [0.3, 0.4) is 0 Å². The molecule has 0 unspecified atom stereocenters. The number of halogens is 3. The fourth-order valence-electron chi connectivity index (χ4n) is 4.89. The van der Waals surface area contributed by atoms with Gasteiger partial charge in [0.25, 0.3) is 5.56 Å². The molecule has 31 heavy (non-hydrogen) atoms. The molecule has 2 heterocycles. The van der Waals surface area contributed by atoms with Gasteiger partial charge in [0.2, 0.25) is 5.91 Å². The quantitative estimate of drug-likeness (QED) is 0.688. The van der Waals surface area contributed by atoms with E-state index in [0.717, 1.165) is 23.6 Å². The van der Waals surface area contributed by atoms with Crippen LogP contribution < -0.4 is 5.56 Å². The van der Waals surface area contributed by atoms with Gasteiger partial charge in [-0.2, -0.15) is 0 Å². The number of fused-ring (bicyclic) bond motifs is 3. The lowest BCUT2D eigenvalue weighted by Gasteiger charge is -2.29. The van der Waals surface area contributed by atoms with Crippen LogP contribution in [-0.2, 0) is 11.2 Å². The maximum absolute atomic E-state index is 14.4. The van der Waals surface area contributed by atoms with E-state index in [1.165, 1.54) is 25.1 Å². The number of carbonyl (C=O) groups excluding carboxylic acids is 1. The fraction of sp³-hybridized carbons (Fsp3) is 0.250. The second kappa shape index (κ2) is 7.11. The Balaban J connectivity index is 1.46. The SMILES string of the molecule is Cc1c(CC(=O)N2C[C@@H]3C=C(c4cccc(F)c4)[C@H]2C3)c(=O)[nH]c2ccc(F)c(F)c12. The molecule has 0 saturated carbocycles. The summed E-state index contributed by atoms with van der Waals surface area (Å²) < 4.78 is 41.8. The predicted octanol–water partition coefficient (Wildman–Crippen LogP) is 4.11. The van der Waals surface area contributed by atoms with Crippen LogP contribution in [0.5, 0.6) is 0 Å².